The number of nitrogens with zero attached hydrogens (tertiary/aromatic N) is 2. The number of piperidine rings is 1. The summed E-state index contributed by atoms with van der Waals surface area (Å²) in [4.78, 5) is 14.7. The zero-order valence-corrected chi connectivity index (χ0v) is 16.0. The van der Waals surface area contributed by atoms with Gasteiger partial charge in [0, 0.05) is 30.8 Å². The molecule has 0 spiro atoms. The summed E-state index contributed by atoms with van der Waals surface area (Å²) in [7, 11) is -0.557. The van der Waals surface area contributed by atoms with Gasteiger partial charge in [-0.3, -0.25) is 4.79 Å². The largest absolute Gasteiger partial charge is 0.338 e. The Labute approximate surface area is 145 Å². The van der Waals surface area contributed by atoms with Gasteiger partial charge in [-0.15, -0.1) is 0 Å². The molecule has 0 N–H and O–H groups in total. The van der Waals surface area contributed by atoms with Crippen molar-refractivity contribution in [1.82, 2.24) is 9.21 Å². The minimum Gasteiger partial charge on any atom is -0.338 e. The zero-order valence-electron chi connectivity index (χ0n) is 13.0. The molecule has 0 bridgehead atoms. The highest BCUT2D eigenvalue weighted by Gasteiger charge is 2.25. The molecule has 2 rings (SSSR count). The first kappa shape index (κ1) is 17.7. The van der Waals surface area contributed by atoms with Crippen LogP contribution in [0.3, 0.4) is 0 Å². The fourth-order valence-corrected chi connectivity index (χ4v) is 4.08. The summed E-state index contributed by atoms with van der Waals surface area (Å²) < 4.78 is 26.4. The first-order valence-electron chi connectivity index (χ1n) is 7.25. The van der Waals surface area contributed by atoms with Gasteiger partial charge in [-0.05, 0) is 59.5 Å². The number of hydrogen-bond donors (Lipinski definition) is 0. The molecule has 1 aromatic carbocycles. The molecule has 0 radical (unpaired) electrons. The SMILES string of the molecule is CC1CCCN(C(=O)c2cc(S(=O)(=O)N(C)C)ccc2I)C1. The van der Waals surface area contributed by atoms with E-state index in [2.05, 4.69) is 29.5 Å². The number of rotatable bonds is 3. The van der Waals surface area contributed by atoms with Crippen LogP contribution in [0.1, 0.15) is 30.1 Å². The molecule has 1 aliphatic rings. The van der Waals surface area contributed by atoms with Gasteiger partial charge in [0.15, 0.2) is 0 Å². The number of benzene rings is 1. The van der Waals surface area contributed by atoms with Gasteiger partial charge in [0.2, 0.25) is 10.0 Å². The average molecular weight is 436 g/mol. The number of carbonyl (C=O) groups is 1. The van der Waals surface area contributed by atoms with Crippen molar-refractivity contribution in [3.8, 4) is 0 Å². The lowest BCUT2D eigenvalue weighted by atomic mass is 9.99. The van der Waals surface area contributed by atoms with E-state index in [1.807, 2.05) is 4.90 Å². The van der Waals surface area contributed by atoms with Gasteiger partial charge in [-0.2, -0.15) is 0 Å². The van der Waals surface area contributed by atoms with Crippen LogP contribution in [0, 0.1) is 9.49 Å². The van der Waals surface area contributed by atoms with Crippen LogP contribution in [0.2, 0.25) is 0 Å². The van der Waals surface area contributed by atoms with E-state index in [0.717, 1.165) is 33.8 Å². The molecule has 1 fully saturated rings. The number of sulfonamides is 1. The summed E-state index contributed by atoms with van der Waals surface area (Å²) >= 11 is 2.08. The van der Waals surface area contributed by atoms with Crippen molar-refractivity contribution in [2.45, 2.75) is 24.7 Å². The number of likely N-dealkylation sites (tertiary alicyclic amines) is 1. The molecular formula is C15H21IN2O3S. The van der Waals surface area contributed by atoms with Crippen molar-refractivity contribution in [3.05, 3.63) is 27.3 Å². The van der Waals surface area contributed by atoms with Crippen LogP contribution >= 0.6 is 22.6 Å². The lowest BCUT2D eigenvalue weighted by Gasteiger charge is -2.31. The minimum atomic E-state index is -3.53. The third-order valence-electron chi connectivity index (χ3n) is 3.89. The number of halogens is 1. The normalized spacial score (nSPS) is 19.5. The maximum atomic E-state index is 12.7. The molecule has 1 unspecified atom stereocenters. The van der Waals surface area contributed by atoms with Crippen molar-refractivity contribution >= 4 is 38.5 Å². The molecule has 1 amide bonds. The van der Waals surface area contributed by atoms with Gasteiger partial charge < -0.3 is 4.90 Å². The van der Waals surface area contributed by atoms with Crippen LogP contribution < -0.4 is 0 Å². The molecule has 22 heavy (non-hydrogen) atoms. The molecule has 0 aromatic heterocycles. The fourth-order valence-electron chi connectivity index (χ4n) is 2.58. The van der Waals surface area contributed by atoms with Gasteiger partial charge >= 0.3 is 0 Å². The first-order valence-corrected chi connectivity index (χ1v) is 9.76. The third-order valence-corrected chi connectivity index (χ3v) is 6.64. The number of hydrogen-bond acceptors (Lipinski definition) is 3. The van der Waals surface area contributed by atoms with Gasteiger partial charge in [0.1, 0.15) is 0 Å². The van der Waals surface area contributed by atoms with Crippen LogP contribution in [-0.4, -0.2) is 50.7 Å². The van der Waals surface area contributed by atoms with Crippen molar-refractivity contribution in [1.29, 1.82) is 0 Å². The van der Waals surface area contributed by atoms with E-state index in [1.165, 1.54) is 20.2 Å². The molecule has 7 heteroatoms. The molecule has 1 heterocycles. The second-order valence-corrected chi connectivity index (χ2v) is 9.24. The molecule has 1 aromatic rings. The van der Waals surface area contributed by atoms with E-state index < -0.39 is 10.0 Å². The Morgan fingerprint density at radius 2 is 2.05 bits per heavy atom. The molecule has 1 saturated heterocycles. The van der Waals surface area contributed by atoms with Gasteiger partial charge in [-0.1, -0.05) is 6.92 Å². The topological polar surface area (TPSA) is 57.7 Å². The summed E-state index contributed by atoms with van der Waals surface area (Å²) in [5.41, 5.74) is 0.470. The standard InChI is InChI=1S/C15H21IN2O3S/c1-11-5-4-8-18(10-11)15(19)13-9-12(6-7-14(13)16)22(20,21)17(2)3/h6-7,9,11H,4-5,8,10H2,1-3H3. The summed E-state index contributed by atoms with van der Waals surface area (Å²) in [6.45, 7) is 3.61. The second kappa shape index (κ2) is 6.84. The van der Waals surface area contributed by atoms with Crippen molar-refractivity contribution in [2.24, 2.45) is 5.92 Å². The Kier molecular flexibility index (Phi) is 5.50. The highest BCUT2D eigenvalue weighted by molar-refractivity contribution is 14.1. The smallest absolute Gasteiger partial charge is 0.254 e. The zero-order chi connectivity index (χ0) is 16.5. The summed E-state index contributed by atoms with van der Waals surface area (Å²) in [5.74, 6) is 0.413. The number of amides is 1. The van der Waals surface area contributed by atoms with Crippen LogP contribution in [0.5, 0.6) is 0 Å². The quantitative estimate of drug-likeness (QED) is 0.684. The van der Waals surface area contributed by atoms with E-state index in [-0.39, 0.29) is 10.8 Å². The molecular weight excluding hydrogens is 415 g/mol. The van der Waals surface area contributed by atoms with E-state index in [1.54, 1.807) is 12.1 Å². The highest BCUT2D eigenvalue weighted by Crippen LogP contribution is 2.24. The summed E-state index contributed by atoms with van der Waals surface area (Å²) in [5, 5.41) is 0. The highest BCUT2D eigenvalue weighted by atomic mass is 127. The predicted octanol–water partition coefficient (Wildman–Crippen LogP) is 2.41. The molecule has 122 valence electrons. The Bertz CT molecular complexity index is 673. The molecule has 0 saturated carbocycles. The average Bonchev–Trinajstić information content (AvgIpc) is 2.46. The van der Waals surface area contributed by atoms with Crippen molar-refractivity contribution in [2.75, 3.05) is 27.2 Å². The maximum absolute atomic E-state index is 12.7. The van der Waals surface area contributed by atoms with Crippen LogP contribution in [0.4, 0.5) is 0 Å². The molecule has 1 aliphatic heterocycles. The van der Waals surface area contributed by atoms with E-state index in [9.17, 15) is 13.2 Å². The van der Waals surface area contributed by atoms with Crippen LogP contribution in [0.25, 0.3) is 0 Å². The maximum Gasteiger partial charge on any atom is 0.254 e. The van der Waals surface area contributed by atoms with Gasteiger partial charge in [-0.25, -0.2) is 12.7 Å². The van der Waals surface area contributed by atoms with Gasteiger partial charge in [0.25, 0.3) is 5.91 Å². The fraction of sp³-hybridized carbons (Fsp3) is 0.533. The molecule has 0 aliphatic carbocycles. The Morgan fingerprint density at radius 1 is 1.36 bits per heavy atom. The predicted molar refractivity (Wildman–Crippen MR) is 94.3 cm³/mol. The Balaban J connectivity index is 2.37. The van der Waals surface area contributed by atoms with Crippen molar-refractivity contribution < 1.29 is 13.2 Å². The van der Waals surface area contributed by atoms with E-state index in [4.69, 9.17) is 0 Å². The molecule has 5 nitrogen and oxygen atoms in total. The summed E-state index contributed by atoms with van der Waals surface area (Å²) in [6, 6.07) is 4.74. The summed E-state index contributed by atoms with van der Waals surface area (Å²) in [6.07, 6.45) is 2.13. The monoisotopic (exact) mass is 436 g/mol. The first-order chi connectivity index (χ1) is 10.2. The lowest BCUT2D eigenvalue weighted by Crippen LogP contribution is -2.39. The second-order valence-electron chi connectivity index (χ2n) is 5.93. The molecule has 1 atom stereocenters. The van der Waals surface area contributed by atoms with Crippen LogP contribution in [-0.2, 0) is 10.0 Å². The Morgan fingerprint density at radius 3 is 2.64 bits per heavy atom. The lowest BCUT2D eigenvalue weighted by molar-refractivity contribution is 0.0681. The van der Waals surface area contributed by atoms with E-state index in [0.29, 0.717) is 11.5 Å². The van der Waals surface area contributed by atoms with E-state index >= 15 is 0 Å². The number of carbonyl (C=O) groups excluding carboxylic acids is 1. The minimum absolute atomic E-state index is 0.0771. The van der Waals surface area contributed by atoms with Crippen molar-refractivity contribution in [3.63, 3.8) is 0 Å². The van der Waals surface area contributed by atoms with Crippen LogP contribution in [0.15, 0.2) is 23.1 Å². The third kappa shape index (κ3) is 3.62. The van der Waals surface area contributed by atoms with Gasteiger partial charge in [0.05, 0.1) is 10.5 Å². The Hall–Kier alpha value is -0.670.